The Balaban J connectivity index is 4.17. The number of hydrogen-bond donors (Lipinski definition) is 1. The van der Waals surface area contributed by atoms with Crippen LogP contribution in [-0.4, -0.2) is 26.1 Å². The summed E-state index contributed by atoms with van der Waals surface area (Å²) < 4.78 is 6.02. The van der Waals surface area contributed by atoms with Crippen molar-refractivity contribution in [3.05, 3.63) is 0 Å². The van der Waals surface area contributed by atoms with Crippen molar-refractivity contribution in [2.75, 3.05) is 6.61 Å². The Kier molecular flexibility index (Phi) is 4.62. The third-order valence-electron chi connectivity index (χ3n) is 2.84. The van der Waals surface area contributed by atoms with Crippen molar-refractivity contribution < 1.29 is 9.53 Å². The van der Waals surface area contributed by atoms with Crippen LogP contribution in [-0.2, 0) is 4.43 Å². The zero-order chi connectivity index (χ0) is 10.7. The summed E-state index contributed by atoms with van der Waals surface area (Å²) in [6.07, 6.45) is 0.929. The van der Waals surface area contributed by atoms with Gasteiger partial charge in [-0.1, -0.05) is 20.8 Å². The van der Waals surface area contributed by atoms with Crippen molar-refractivity contribution >= 4 is 8.32 Å². The maximum Gasteiger partial charge on any atom is 0.192 e. The molecule has 0 aromatic carbocycles. The molecule has 0 amide bonds. The summed E-state index contributed by atoms with van der Waals surface area (Å²) in [4.78, 5) is 0. The normalized spacial score (nSPS) is 15.9. The Morgan fingerprint density at radius 1 is 1.31 bits per heavy atom. The minimum Gasteiger partial charge on any atom is -0.414 e. The molecule has 0 aromatic heterocycles. The van der Waals surface area contributed by atoms with Gasteiger partial charge in [0.2, 0.25) is 0 Å². The predicted molar refractivity (Wildman–Crippen MR) is 59.4 cm³/mol. The van der Waals surface area contributed by atoms with E-state index in [1.165, 1.54) is 0 Å². The van der Waals surface area contributed by atoms with Crippen molar-refractivity contribution in [3.63, 3.8) is 0 Å². The summed E-state index contributed by atoms with van der Waals surface area (Å²) in [5.41, 5.74) is 0. The van der Waals surface area contributed by atoms with E-state index >= 15 is 0 Å². The van der Waals surface area contributed by atoms with Crippen molar-refractivity contribution in [1.82, 2.24) is 0 Å². The molecule has 0 saturated carbocycles. The SMILES string of the molecule is C[C@H](CCO)O[Si](C)(C)C(C)(C)C. The lowest BCUT2D eigenvalue weighted by Gasteiger charge is -2.38. The third kappa shape index (κ3) is 4.25. The lowest BCUT2D eigenvalue weighted by molar-refractivity contribution is 0.154. The first-order chi connectivity index (χ1) is 5.70. The Morgan fingerprint density at radius 2 is 1.77 bits per heavy atom. The molecule has 0 bridgehead atoms. The molecule has 1 N–H and O–H groups in total. The van der Waals surface area contributed by atoms with Crippen molar-refractivity contribution in [2.24, 2.45) is 0 Å². The quantitative estimate of drug-likeness (QED) is 0.714. The van der Waals surface area contributed by atoms with E-state index in [-0.39, 0.29) is 17.7 Å². The molecule has 0 aliphatic rings. The molecule has 0 heterocycles. The molecule has 3 heteroatoms. The van der Waals surface area contributed by atoms with Crippen molar-refractivity contribution in [1.29, 1.82) is 0 Å². The largest absolute Gasteiger partial charge is 0.414 e. The molecular weight excluding hydrogens is 180 g/mol. The first-order valence-corrected chi connectivity index (χ1v) is 7.90. The van der Waals surface area contributed by atoms with Crippen LogP contribution in [0, 0.1) is 0 Å². The van der Waals surface area contributed by atoms with Crippen LogP contribution in [0.1, 0.15) is 34.1 Å². The molecule has 0 fully saturated rings. The molecule has 0 saturated heterocycles. The molecule has 13 heavy (non-hydrogen) atoms. The number of aliphatic hydroxyl groups excluding tert-OH is 1. The van der Waals surface area contributed by atoms with Gasteiger partial charge in [-0.2, -0.15) is 0 Å². The minimum atomic E-state index is -1.62. The molecule has 0 unspecified atom stereocenters. The standard InChI is InChI=1S/C10H24O2Si/c1-9(7-8-11)12-13(5,6)10(2,3)4/h9,11H,7-8H2,1-6H3/t9-/m1/s1. The maximum atomic E-state index is 8.77. The molecule has 1 atom stereocenters. The van der Waals surface area contributed by atoms with Crippen LogP contribution in [0.25, 0.3) is 0 Å². The Labute approximate surface area is 83.4 Å². The Bertz CT molecular complexity index is 149. The highest BCUT2D eigenvalue weighted by Gasteiger charge is 2.38. The average molecular weight is 204 g/mol. The van der Waals surface area contributed by atoms with Gasteiger partial charge in [0.1, 0.15) is 0 Å². The van der Waals surface area contributed by atoms with E-state index < -0.39 is 8.32 Å². The van der Waals surface area contributed by atoms with Crippen LogP contribution in [0.3, 0.4) is 0 Å². The number of aliphatic hydroxyl groups is 1. The zero-order valence-electron chi connectivity index (χ0n) is 9.85. The number of rotatable bonds is 4. The van der Waals surface area contributed by atoms with Gasteiger partial charge in [-0.3, -0.25) is 0 Å². The highest BCUT2D eigenvalue weighted by Crippen LogP contribution is 2.37. The molecule has 0 spiro atoms. The smallest absolute Gasteiger partial charge is 0.192 e. The van der Waals surface area contributed by atoms with Crippen LogP contribution in [0.15, 0.2) is 0 Å². The molecular formula is C10H24O2Si. The molecule has 0 radical (unpaired) electrons. The Morgan fingerprint density at radius 3 is 2.08 bits per heavy atom. The van der Waals surface area contributed by atoms with Gasteiger partial charge in [0.25, 0.3) is 0 Å². The van der Waals surface area contributed by atoms with E-state index in [0.29, 0.717) is 0 Å². The molecule has 0 aliphatic heterocycles. The van der Waals surface area contributed by atoms with Gasteiger partial charge in [0.05, 0.1) is 0 Å². The van der Waals surface area contributed by atoms with E-state index in [1.807, 2.05) is 6.92 Å². The van der Waals surface area contributed by atoms with Gasteiger partial charge in [-0.05, 0) is 31.5 Å². The second kappa shape index (κ2) is 4.58. The van der Waals surface area contributed by atoms with Crippen LogP contribution >= 0.6 is 0 Å². The van der Waals surface area contributed by atoms with Gasteiger partial charge in [0.15, 0.2) is 8.32 Å². The van der Waals surface area contributed by atoms with E-state index in [4.69, 9.17) is 9.53 Å². The van der Waals surface area contributed by atoms with E-state index in [1.54, 1.807) is 0 Å². The fraction of sp³-hybridized carbons (Fsp3) is 1.00. The van der Waals surface area contributed by atoms with Crippen LogP contribution in [0.2, 0.25) is 18.1 Å². The van der Waals surface area contributed by atoms with Gasteiger partial charge >= 0.3 is 0 Å². The van der Waals surface area contributed by atoms with Gasteiger partial charge in [-0.15, -0.1) is 0 Å². The predicted octanol–water partition coefficient (Wildman–Crippen LogP) is 2.78. The van der Waals surface area contributed by atoms with E-state index in [9.17, 15) is 0 Å². The molecule has 80 valence electrons. The summed E-state index contributed by atoms with van der Waals surface area (Å²) in [6.45, 7) is 13.4. The molecule has 0 rings (SSSR count). The fourth-order valence-corrected chi connectivity index (χ4v) is 2.40. The molecule has 2 nitrogen and oxygen atoms in total. The maximum absolute atomic E-state index is 8.77. The highest BCUT2D eigenvalue weighted by molar-refractivity contribution is 6.74. The van der Waals surface area contributed by atoms with Crippen molar-refractivity contribution in [2.45, 2.75) is 58.4 Å². The van der Waals surface area contributed by atoms with Crippen LogP contribution in [0.4, 0.5) is 0 Å². The van der Waals surface area contributed by atoms with Crippen LogP contribution < -0.4 is 0 Å². The molecule has 0 aromatic rings. The summed E-state index contributed by atoms with van der Waals surface area (Å²) in [5.74, 6) is 0. The first kappa shape index (κ1) is 13.1. The first-order valence-electron chi connectivity index (χ1n) is 4.99. The minimum absolute atomic E-state index is 0.186. The lowest BCUT2D eigenvalue weighted by atomic mass is 10.2. The van der Waals surface area contributed by atoms with Crippen molar-refractivity contribution in [3.8, 4) is 0 Å². The zero-order valence-corrected chi connectivity index (χ0v) is 10.8. The summed E-state index contributed by atoms with van der Waals surface area (Å²) in [5, 5.41) is 9.03. The second-order valence-corrected chi connectivity index (χ2v) is 9.96. The monoisotopic (exact) mass is 204 g/mol. The lowest BCUT2D eigenvalue weighted by Crippen LogP contribution is -2.43. The van der Waals surface area contributed by atoms with E-state index in [2.05, 4.69) is 33.9 Å². The third-order valence-corrected chi connectivity index (χ3v) is 7.44. The summed E-state index contributed by atoms with van der Waals surface area (Å²) >= 11 is 0. The Hall–Kier alpha value is 0.137. The van der Waals surface area contributed by atoms with Crippen LogP contribution in [0.5, 0.6) is 0 Å². The van der Waals surface area contributed by atoms with Gasteiger partial charge < -0.3 is 9.53 Å². The molecule has 0 aliphatic carbocycles. The average Bonchev–Trinajstić information content (AvgIpc) is 1.83. The number of hydrogen-bond acceptors (Lipinski definition) is 2. The second-order valence-electron chi connectivity index (χ2n) is 5.20. The van der Waals surface area contributed by atoms with E-state index in [0.717, 1.165) is 6.42 Å². The van der Waals surface area contributed by atoms with Gasteiger partial charge in [0, 0.05) is 12.7 Å². The fourth-order valence-electron chi connectivity index (χ4n) is 0.920. The van der Waals surface area contributed by atoms with Gasteiger partial charge in [-0.25, -0.2) is 0 Å². The topological polar surface area (TPSA) is 29.5 Å². The summed E-state index contributed by atoms with van der Waals surface area (Å²) in [6, 6.07) is 0. The summed E-state index contributed by atoms with van der Waals surface area (Å²) in [7, 11) is -1.62. The highest BCUT2D eigenvalue weighted by atomic mass is 28.4.